The zero-order valence-electron chi connectivity index (χ0n) is 20.7. The number of carbonyl (C=O) groups is 1. The van der Waals surface area contributed by atoms with Gasteiger partial charge in [0, 0.05) is 32.3 Å². The molecule has 8 nitrogen and oxygen atoms in total. The fraction of sp³-hybridized carbons (Fsp3) is 0.407. The highest BCUT2D eigenvalue weighted by molar-refractivity contribution is 5.75. The van der Waals surface area contributed by atoms with E-state index in [1.807, 2.05) is 73.5 Å². The van der Waals surface area contributed by atoms with Gasteiger partial charge in [0.1, 0.15) is 5.69 Å². The first-order valence-electron chi connectivity index (χ1n) is 12.2. The summed E-state index contributed by atoms with van der Waals surface area (Å²) in [5, 5.41) is 7.82. The van der Waals surface area contributed by atoms with E-state index in [1.165, 1.54) is 0 Å². The van der Waals surface area contributed by atoms with Crippen molar-refractivity contribution in [2.24, 2.45) is 7.05 Å². The van der Waals surface area contributed by atoms with Crippen molar-refractivity contribution < 1.29 is 19.0 Å². The fourth-order valence-electron chi connectivity index (χ4n) is 4.25. The number of amides is 2. The molecule has 0 radical (unpaired) electrons. The standard InChI is InChI=1S/C27H34N4O4/c1-4-16-28-27(32)31(18-21-13-10-17-34-21)19-22-25(20-11-6-5-7-12-20)29-30(2)26(22)35-24-15-9-8-14-23(24)33-3/h5-9,11-12,14-15,21H,4,10,13,16-19H2,1-3H3,(H,28,32)/t21-/m0/s1. The first kappa shape index (κ1) is 24.6. The molecule has 1 aliphatic heterocycles. The predicted molar refractivity (Wildman–Crippen MR) is 135 cm³/mol. The number of carbonyl (C=O) groups excluding carboxylic acids is 1. The number of benzene rings is 2. The van der Waals surface area contributed by atoms with Crippen LogP contribution in [0.5, 0.6) is 17.4 Å². The summed E-state index contributed by atoms with van der Waals surface area (Å²) in [6.45, 7) is 4.23. The van der Waals surface area contributed by atoms with Gasteiger partial charge in [-0.25, -0.2) is 9.48 Å². The normalized spacial score (nSPS) is 15.1. The summed E-state index contributed by atoms with van der Waals surface area (Å²) in [7, 11) is 3.46. The van der Waals surface area contributed by atoms with Crippen LogP contribution < -0.4 is 14.8 Å². The second kappa shape index (κ2) is 11.8. The highest BCUT2D eigenvalue weighted by atomic mass is 16.5. The molecule has 0 saturated carbocycles. The molecule has 1 saturated heterocycles. The van der Waals surface area contributed by atoms with Gasteiger partial charge in [0.15, 0.2) is 11.5 Å². The summed E-state index contributed by atoms with van der Waals surface area (Å²) in [6.07, 6.45) is 2.85. The molecule has 4 rings (SSSR count). The van der Waals surface area contributed by atoms with E-state index in [1.54, 1.807) is 11.8 Å². The van der Waals surface area contributed by atoms with Crippen LogP contribution in [0.2, 0.25) is 0 Å². The van der Waals surface area contributed by atoms with Gasteiger partial charge in [-0.2, -0.15) is 5.10 Å². The molecule has 2 aromatic carbocycles. The topological polar surface area (TPSA) is 77.9 Å². The maximum Gasteiger partial charge on any atom is 0.317 e. The maximum atomic E-state index is 13.2. The number of hydrogen-bond donors (Lipinski definition) is 1. The van der Waals surface area contributed by atoms with Gasteiger partial charge in [-0.05, 0) is 31.4 Å². The Balaban J connectivity index is 1.73. The lowest BCUT2D eigenvalue weighted by Gasteiger charge is -2.26. The minimum Gasteiger partial charge on any atom is -0.493 e. The molecule has 1 N–H and O–H groups in total. The molecule has 1 aromatic heterocycles. The summed E-state index contributed by atoms with van der Waals surface area (Å²) in [4.78, 5) is 15.0. The molecule has 2 amide bonds. The number of nitrogens with zero attached hydrogens (tertiary/aromatic N) is 3. The Morgan fingerprint density at radius 3 is 2.60 bits per heavy atom. The summed E-state index contributed by atoms with van der Waals surface area (Å²) in [5.41, 5.74) is 2.56. The molecule has 1 fully saturated rings. The minimum absolute atomic E-state index is 0.0257. The van der Waals surface area contributed by atoms with Gasteiger partial charge in [0.2, 0.25) is 5.88 Å². The van der Waals surface area contributed by atoms with Gasteiger partial charge in [-0.1, -0.05) is 49.4 Å². The van der Waals surface area contributed by atoms with Gasteiger partial charge in [-0.15, -0.1) is 0 Å². The molecule has 0 bridgehead atoms. The van der Waals surface area contributed by atoms with Crippen LogP contribution in [0.15, 0.2) is 54.6 Å². The molecule has 186 valence electrons. The van der Waals surface area contributed by atoms with Crippen LogP contribution >= 0.6 is 0 Å². The third-order valence-corrected chi connectivity index (χ3v) is 6.02. The number of para-hydroxylation sites is 2. The Morgan fingerprint density at radius 1 is 1.17 bits per heavy atom. The molecule has 0 aliphatic carbocycles. The Bertz CT molecular complexity index is 1110. The van der Waals surface area contributed by atoms with E-state index in [9.17, 15) is 4.79 Å². The van der Waals surface area contributed by atoms with E-state index in [-0.39, 0.29) is 12.1 Å². The second-order valence-electron chi connectivity index (χ2n) is 8.62. The van der Waals surface area contributed by atoms with Crippen LogP contribution in [0.1, 0.15) is 31.7 Å². The quantitative estimate of drug-likeness (QED) is 0.444. The lowest BCUT2D eigenvalue weighted by Crippen LogP contribution is -2.43. The van der Waals surface area contributed by atoms with Crippen molar-refractivity contribution in [3.05, 3.63) is 60.2 Å². The van der Waals surface area contributed by atoms with E-state index >= 15 is 0 Å². The molecular formula is C27H34N4O4. The molecule has 2 heterocycles. The lowest BCUT2D eigenvalue weighted by atomic mass is 10.1. The van der Waals surface area contributed by atoms with Gasteiger partial charge < -0.3 is 24.4 Å². The van der Waals surface area contributed by atoms with Crippen LogP contribution in [-0.4, -0.2) is 53.6 Å². The monoisotopic (exact) mass is 478 g/mol. The molecule has 1 atom stereocenters. The number of nitrogens with one attached hydrogen (secondary N) is 1. The lowest BCUT2D eigenvalue weighted by molar-refractivity contribution is 0.0793. The highest BCUT2D eigenvalue weighted by Gasteiger charge is 2.28. The average Bonchev–Trinajstić information content (AvgIpc) is 3.51. The third-order valence-electron chi connectivity index (χ3n) is 6.02. The average molecular weight is 479 g/mol. The van der Waals surface area contributed by atoms with Crippen molar-refractivity contribution in [2.45, 2.75) is 38.8 Å². The molecule has 3 aromatic rings. The summed E-state index contributed by atoms with van der Waals surface area (Å²) >= 11 is 0. The van der Waals surface area contributed by atoms with Crippen LogP contribution in [0.4, 0.5) is 4.79 Å². The number of aromatic nitrogens is 2. The largest absolute Gasteiger partial charge is 0.493 e. The summed E-state index contributed by atoms with van der Waals surface area (Å²) in [6, 6.07) is 17.3. The highest BCUT2D eigenvalue weighted by Crippen LogP contribution is 2.37. The van der Waals surface area contributed by atoms with Gasteiger partial charge >= 0.3 is 6.03 Å². The van der Waals surface area contributed by atoms with Crippen LogP contribution in [-0.2, 0) is 18.3 Å². The van der Waals surface area contributed by atoms with Crippen LogP contribution in [0.25, 0.3) is 11.3 Å². The van der Waals surface area contributed by atoms with E-state index in [2.05, 4.69) is 5.32 Å². The van der Waals surface area contributed by atoms with Crippen LogP contribution in [0.3, 0.4) is 0 Å². The summed E-state index contributed by atoms with van der Waals surface area (Å²) < 4.78 is 19.5. The number of hydrogen-bond acceptors (Lipinski definition) is 5. The zero-order chi connectivity index (χ0) is 24.6. The Hall–Kier alpha value is -3.52. The SMILES string of the molecule is CCCNC(=O)N(Cc1c(-c2ccccc2)nn(C)c1Oc1ccccc1OC)C[C@@H]1CCCO1. The number of rotatable bonds is 10. The van der Waals surface area contributed by atoms with Crippen molar-refractivity contribution >= 4 is 6.03 Å². The summed E-state index contributed by atoms with van der Waals surface area (Å²) in [5.74, 6) is 1.77. The van der Waals surface area contributed by atoms with E-state index < -0.39 is 0 Å². The number of ether oxygens (including phenoxy) is 3. The van der Waals surface area contributed by atoms with E-state index in [4.69, 9.17) is 19.3 Å². The number of aryl methyl sites for hydroxylation is 1. The Labute approximate surface area is 206 Å². The number of methoxy groups -OCH3 is 1. The molecule has 0 unspecified atom stereocenters. The first-order chi connectivity index (χ1) is 17.1. The van der Waals surface area contributed by atoms with E-state index in [0.717, 1.165) is 42.7 Å². The fourth-order valence-corrected chi connectivity index (χ4v) is 4.25. The molecule has 1 aliphatic rings. The van der Waals surface area contributed by atoms with Gasteiger partial charge in [-0.3, -0.25) is 0 Å². The molecule has 35 heavy (non-hydrogen) atoms. The Kier molecular flexibility index (Phi) is 8.26. The van der Waals surface area contributed by atoms with Crippen molar-refractivity contribution in [3.8, 4) is 28.6 Å². The Morgan fingerprint density at radius 2 is 1.91 bits per heavy atom. The van der Waals surface area contributed by atoms with Crippen molar-refractivity contribution in [3.63, 3.8) is 0 Å². The first-order valence-corrected chi connectivity index (χ1v) is 12.2. The van der Waals surface area contributed by atoms with Gasteiger partial charge in [0.05, 0.1) is 25.3 Å². The van der Waals surface area contributed by atoms with Crippen molar-refractivity contribution in [2.75, 3.05) is 26.8 Å². The van der Waals surface area contributed by atoms with Gasteiger partial charge in [0.25, 0.3) is 0 Å². The zero-order valence-corrected chi connectivity index (χ0v) is 20.7. The van der Waals surface area contributed by atoms with Crippen LogP contribution in [0, 0.1) is 0 Å². The maximum absolute atomic E-state index is 13.2. The number of urea groups is 1. The predicted octanol–water partition coefficient (Wildman–Crippen LogP) is 4.99. The molecule has 0 spiro atoms. The molecule has 8 heteroatoms. The second-order valence-corrected chi connectivity index (χ2v) is 8.62. The smallest absolute Gasteiger partial charge is 0.317 e. The van der Waals surface area contributed by atoms with Crippen molar-refractivity contribution in [1.82, 2.24) is 20.0 Å². The van der Waals surface area contributed by atoms with E-state index in [0.29, 0.717) is 37.0 Å². The van der Waals surface area contributed by atoms with Crippen molar-refractivity contribution in [1.29, 1.82) is 0 Å². The third kappa shape index (κ3) is 5.95. The molecular weight excluding hydrogens is 444 g/mol. The minimum atomic E-state index is -0.117.